The molecule has 0 unspecified atom stereocenters. The monoisotopic (exact) mass is 290 g/mol. The Hall–Kier alpha value is -1.17. The molecular formula is C13H13F3O2S. The molecule has 2 rings (SSSR count). The summed E-state index contributed by atoms with van der Waals surface area (Å²) in [5.41, 5.74) is -1.76. The van der Waals surface area contributed by atoms with Crippen LogP contribution in [0.3, 0.4) is 0 Å². The van der Waals surface area contributed by atoms with Gasteiger partial charge in [-0.1, -0.05) is 12.8 Å². The van der Waals surface area contributed by atoms with E-state index in [4.69, 9.17) is 5.11 Å². The van der Waals surface area contributed by atoms with E-state index >= 15 is 0 Å². The van der Waals surface area contributed by atoms with Crippen molar-refractivity contribution in [2.75, 3.05) is 0 Å². The number of benzene rings is 1. The van der Waals surface area contributed by atoms with Gasteiger partial charge in [-0.15, -0.1) is 11.8 Å². The molecule has 19 heavy (non-hydrogen) atoms. The Morgan fingerprint density at radius 2 is 1.89 bits per heavy atom. The van der Waals surface area contributed by atoms with Gasteiger partial charge >= 0.3 is 12.1 Å². The number of hydrogen-bond donors (Lipinski definition) is 1. The first-order chi connectivity index (χ1) is 8.88. The van der Waals surface area contributed by atoms with Crippen LogP contribution in [0.15, 0.2) is 23.1 Å². The van der Waals surface area contributed by atoms with Gasteiger partial charge in [-0.05, 0) is 31.0 Å². The zero-order valence-corrected chi connectivity index (χ0v) is 10.9. The molecule has 0 saturated heterocycles. The third-order valence-corrected chi connectivity index (χ3v) is 4.46. The van der Waals surface area contributed by atoms with Gasteiger partial charge in [0, 0.05) is 10.1 Å². The molecule has 1 N–H and O–H groups in total. The van der Waals surface area contributed by atoms with E-state index in [2.05, 4.69) is 0 Å². The maximum Gasteiger partial charge on any atom is 0.417 e. The zero-order valence-electron chi connectivity index (χ0n) is 10.0. The summed E-state index contributed by atoms with van der Waals surface area (Å²) >= 11 is 1.47. The lowest BCUT2D eigenvalue weighted by Gasteiger charge is -2.13. The highest BCUT2D eigenvalue weighted by Gasteiger charge is 2.35. The summed E-state index contributed by atoms with van der Waals surface area (Å²) < 4.78 is 38.0. The molecule has 1 aromatic carbocycles. The quantitative estimate of drug-likeness (QED) is 0.894. The molecule has 1 aliphatic rings. The van der Waals surface area contributed by atoms with Crippen LogP contribution in [0.2, 0.25) is 0 Å². The minimum atomic E-state index is -4.63. The van der Waals surface area contributed by atoms with E-state index in [9.17, 15) is 18.0 Å². The van der Waals surface area contributed by atoms with Gasteiger partial charge in [0.25, 0.3) is 0 Å². The van der Waals surface area contributed by atoms with Gasteiger partial charge < -0.3 is 5.11 Å². The number of halogens is 3. The molecule has 1 fully saturated rings. The van der Waals surface area contributed by atoms with Crippen molar-refractivity contribution in [3.63, 3.8) is 0 Å². The number of thioether (sulfide) groups is 1. The fraction of sp³-hybridized carbons (Fsp3) is 0.462. The summed E-state index contributed by atoms with van der Waals surface area (Å²) in [6.45, 7) is 0. The van der Waals surface area contributed by atoms with Crippen LogP contribution in [0, 0.1) is 0 Å². The molecule has 0 radical (unpaired) electrons. The van der Waals surface area contributed by atoms with E-state index in [-0.39, 0.29) is 0 Å². The Labute approximate surface area is 113 Å². The van der Waals surface area contributed by atoms with E-state index in [0.29, 0.717) is 10.1 Å². The van der Waals surface area contributed by atoms with Gasteiger partial charge in [-0.2, -0.15) is 13.2 Å². The van der Waals surface area contributed by atoms with Gasteiger partial charge in [0.05, 0.1) is 11.1 Å². The van der Waals surface area contributed by atoms with Crippen molar-refractivity contribution in [1.29, 1.82) is 0 Å². The second-order valence-electron chi connectivity index (χ2n) is 4.53. The van der Waals surface area contributed by atoms with Gasteiger partial charge in [0.1, 0.15) is 0 Å². The molecule has 0 atom stereocenters. The predicted octanol–water partition coefficient (Wildman–Crippen LogP) is 4.44. The molecule has 0 spiro atoms. The Kier molecular flexibility index (Phi) is 4.08. The number of carbonyl (C=O) groups is 1. The topological polar surface area (TPSA) is 37.3 Å². The number of rotatable bonds is 3. The average Bonchev–Trinajstić information content (AvgIpc) is 2.80. The first-order valence-corrected chi connectivity index (χ1v) is 6.87. The largest absolute Gasteiger partial charge is 0.478 e. The van der Waals surface area contributed by atoms with Crippen LogP contribution in [-0.2, 0) is 6.18 Å². The SMILES string of the molecule is O=C(O)c1cc(SC2CCCC2)ccc1C(F)(F)F. The molecule has 1 aromatic rings. The van der Waals surface area contributed by atoms with Crippen LogP contribution < -0.4 is 0 Å². The second kappa shape index (κ2) is 5.45. The van der Waals surface area contributed by atoms with Gasteiger partial charge in [0.15, 0.2) is 0 Å². The Balaban J connectivity index is 2.28. The molecule has 0 amide bonds. The molecule has 6 heteroatoms. The van der Waals surface area contributed by atoms with E-state index < -0.39 is 23.3 Å². The molecule has 104 valence electrons. The summed E-state index contributed by atoms with van der Waals surface area (Å²) in [6, 6.07) is 3.35. The van der Waals surface area contributed by atoms with Crippen LogP contribution in [0.1, 0.15) is 41.6 Å². The lowest BCUT2D eigenvalue weighted by Crippen LogP contribution is -2.13. The van der Waals surface area contributed by atoms with Crippen molar-refractivity contribution in [3.8, 4) is 0 Å². The second-order valence-corrected chi connectivity index (χ2v) is 5.91. The van der Waals surface area contributed by atoms with Crippen molar-refractivity contribution in [2.24, 2.45) is 0 Å². The van der Waals surface area contributed by atoms with E-state index in [0.717, 1.165) is 37.8 Å². The zero-order chi connectivity index (χ0) is 14.0. The highest BCUT2D eigenvalue weighted by Crippen LogP contribution is 2.38. The molecule has 0 aliphatic heterocycles. The van der Waals surface area contributed by atoms with E-state index in [1.54, 1.807) is 0 Å². The van der Waals surface area contributed by atoms with Crippen LogP contribution in [0.4, 0.5) is 13.2 Å². The fourth-order valence-electron chi connectivity index (χ4n) is 2.22. The van der Waals surface area contributed by atoms with E-state index in [1.165, 1.54) is 17.8 Å². The smallest absolute Gasteiger partial charge is 0.417 e. The fourth-order valence-corrected chi connectivity index (χ4v) is 3.51. The number of carboxylic acid groups (broad SMARTS) is 1. The molecule has 2 nitrogen and oxygen atoms in total. The molecule has 1 saturated carbocycles. The summed E-state index contributed by atoms with van der Waals surface area (Å²) in [6.07, 6.45) is -0.305. The molecule has 0 bridgehead atoms. The lowest BCUT2D eigenvalue weighted by molar-refractivity contribution is -0.138. The standard InChI is InChI=1S/C13H13F3O2S/c14-13(15,16)11-6-5-9(7-10(11)12(17)18)19-8-3-1-2-4-8/h5-8H,1-4H2,(H,17,18). The molecule has 1 aliphatic carbocycles. The van der Waals surface area contributed by atoms with Crippen molar-refractivity contribution in [2.45, 2.75) is 42.0 Å². The summed E-state index contributed by atoms with van der Waals surface area (Å²) in [5, 5.41) is 9.29. The van der Waals surface area contributed by atoms with Crippen molar-refractivity contribution in [1.82, 2.24) is 0 Å². The van der Waals surface area contributed by atoms with Crippen LogP contribution >= 0.6 is 11.8 Å². The Morgan fingerprint density at radius 1 is 1.26 bits per heavy atom. The maximum atomic E-state index is 12.7. The minimum absolute atomic E-state index is 0.387. The Morgan fingerprint density at radius 3 is 2.42 bits per heavy atom. The molecule has 0 aromatic heterocycles. The normalized spacial score (nSPS) is 16.8. The third kappa shape index (κ3) is 3.43. The minimum Gasteiger partial charge on any atom is -0.478 e. The van der Waals surface area contributed by atoms with Crippen molar-refractivity contribution < 1.29 is 23.1 Å². The molecular weight excluding hydrogens is 277 g/mol. The molecule has 0 heterocycles. The highest BCUT2D eigenvalue weighted by molar-refractivity contribution is 8.00. The highest BCUT2D eigenvalue weighted by atomic mass is 32.2. The third-order valence-electron chi connectivity index (χ3n) is 3.13. The predicted molar refractivity (Wildman–Crippen MR) is 66.5 cm³/mol. The Bertz CT molecular complexity index is 479. The number of hydrogen-bond acceptors (Lipinski definition) is 2. The lowest BCUT2D eigenvalue weighted by atomic mass is 10.1. The van der Waals surface area contributed by atoms with Crippen LogP contribution in [0.5, 0.6) is 0 Å². The summed E-state index contributed by atoms with van der Waals surface area (Å²) in [7, 11) is 0. The first-order valence-electron chi connectivity index (χ1n) is 5.99. The van der Waals surface area contributed by atoms with Gasteiger partial charge in [0.2, 0.25) is 0 Å². The van der Waals surface area contributed by atoms with Gasteiger partial charge in [-0.25, -0.2) is 4.79 Å². The van der Waals surface area contributed by atoms with E-state index in [1.807, 2.05) is 0 Å². The van der Waals surface area contributed by atoms with Crippen molar-refractivity contribution >= 4 is 17.7 Å². The van der Waals surface area contributed by atoms with Gasteiger partial charge in [-0.3, -0.25) is 0 Å². The first kappa shape index (κ1) is 14.2. The van der Waals surface area contributed by atoms with Crippen molar-refractivity contribution in [3.05, 3.63) is 29.3 Å². The number of alkyl halides is 3. The number of carboxylic acids is 1. The summed E-state index contributed by atoms with van der Waals surface area (Å²) in [4.78, 5) is 11.5. The average molecular weight is 290 g/mol. The number of aromatic carboxylic acids is 1. The van der Waals surface area contributed by atoms with Crippen LogP contribution in [-0.4, -0.2) is 16.3 Å². The van der Waals surface area contributed by atoms with Crippen LogP contribution in [0.25, 0.3) is 0 Å². The summed E-state index contributed by atoms with van der Waals surface area (Å²) in [5.74, 6) is -1.54. The maximum absolute atomic E-state index is 12.7.